The maximum absolute atomic E-state index is 11.2. The highest BCUT2D eigenvalue weighted by Crippen LogP contribution is 2.04. The molecule has 0 radical (unpaired) electrons. The Hall–Kier alpha value is -2.52. The van der Waals surface area contributed by atoms with Crippen LogP contribution >= 0.6 is 0 Å². The van der Waals surface area contributed by atoms with Crippen molar-refractivity contribution in [3.05, 3.63) is 29.6 Å². The summed E-state index contributed by atoms with van der Waals surface area (Å²) in [6.07, 6.45) is 1.34. The van der Waals surface area contributed by atoms with Crippen LogP contribution in [0.15, 0.2) is 18.3 Å². The fraction of sp³-hybridized carbons (Fsp3) is 0.273. The number of hydrogen-bond donors (Lipinski definition) is 4. The minimum atomic E-state index is -0.578. The molecule has 0 spiro atoms. The Balaban J connectivity index is 2.75. The Morgan fingerprint density at radius 3 is 2.15 bits per heavy atom. The van der Waals surface area contributed by atoms with E-state index in [2.05, 4.69) is 4.98 Å². The summed E-state index contributed by atoms with van der Waals surface area (Å²) >= 11 is 0. The van der Waals surface area contributed by atoms with E-state index in [0.717, 1.165) is 0 Å². The van der Waals surface area contributed by atoms with E-state index in [1.807, 2.05) is 5.43 Å². The van der Waals surface area contributed by atoms with Gasteiger partial charge in [0.1, 0.15) is 0 Å². The van der Waals surface area contributed by atoms with Crippen LogP contribution < -0.4 is 22.7 Å². The molecule has 1 aromatic rings. The molecule has 0 unspecified atom stereocenters. The molecule has 0 aliphatic rings. The number of rotatable bonds is 7. The zero-order chi connectivity index (χ0) is 15.1. The van der Waals surface area contributed by atoms with Gasteiger partial charge in [-0.05, 0) is 12.1 Å². The molecule has 0 aliphatic heterocycles. The number of aromatic nitrogens is 1. The highest BCUT2D eigenvalue weighted by molar-refractivity contribution is 5.93. The van der Waals surface area contributed by atoms with E-state index < -0.39 is 17.7 Å². The Bertz CT molecular complexity index is 485. The summed E-state index contributed by atoms with van der Waals surface area (Å²) in [7, 11) is 0. The van der Waals surface area contributed by atoms with Gasteiger partial charge in [-0.2, -0.15) is 0 Å². The summed E-state index contributed by atoms with van der Waals surface area (Å²) in [6.45, 7) is -0.0261. The highest BCUT2D eigenvalue weighted by atomic mass is 16.2. The summed E-state index contributed by atoms with van der Waals surface area (Å²) < 4.78 is 0. The second-order valence-electron chi connectivity index (χ2n) is 4.09. The Morgan fingerprint density at radius 1 is 1.15 bits per heavy atom. The molecule has 0 aliphatic carbocycles. The third-order valence-electron chi connectivity index (χ3n) is 2.36. The molecular formula is C11H16N6O3. The average Bonchev–Trinajstić information content (AvgIpc) is 2.37. The minimum Gasteiger partial charge on any atom is -0.369 e. The van der Waals surface area contributed by atoms with Crippen molar-refractivity contribution in [3.8, 4) is 0 Å². The van der Waals surface area contributed by atoms with Crippen molar-refractivity contribution in [1.82, 2.24) is 15.3 Å². The number of primary amides is 2. The van der Waals surface area contributed by atoms with Gasteiger partial charge in [0.05, 0.1) is 24.3 Å². The Morgan fingerprint density at radius 2 is 1.75 bits per heavy atom. The first-order chi connectivity index (χ1) is 9.42. The van der Waals surface area contributed by atoms with Crippen molar-refractivity contribution >= 4 is 17.7 Å². The molecule has 0 atom stereocenters. The average molecular weight is 280 g/mol. The summed E-state index contributed by atoms with van der Waals surface area (Å²) in [5.74, 6) is 3.37. The van der Waals surface area contributed by atoms with E-state index in [4.69, 9.17) is 17.3 Å². The quantitative estimate of drug-likeness (QED) is 0.245. The summed E-state index contributed by atoms with van der Waals surface area (Å²) in [5.41, 5.74) is 13.0. The third kappa shape index (κ3) is 5.00. The molecule has 1 heterocycles. The lowest BCUT2D eigenvalue weighted by atomic mass is 10.2. The van der Waals surface area contributed by atoms with E-state index in [1.165, 1.54) is 17.2 Å². The molecule has 0 fully saturated rings. The summed E-state index contributed by atoms with van der Waals surface area (Å²) in [6, 6.07) is 3.11. The van der Waals surface area contributed by atoms with Crippen molar-refractivity contribution in [3.63, 3.8) is 0 Å². The first-order valence-corrected chi connectivity index (χ1v) is 5.67. The Labute approximate surface area is 115 Å². The van der Waals surface area contributed by atoms with Crippen molar-refractivity contribution < 1.29 is 14.4 Å². The molecule has 20 heavy (non-hydrogen) atoms. The van der Waals surface area contributed by atoms with E-state index in [9.17, 15) is 14.4 Å². The lowest BCUT2D eigenvalue weighted by molar-refractivity contribution is -0.122. The number of amides is 3. The van der Waals surface area contributed by atoms with E-state index in [0.29, 0.717) is 11.3 Å². The van der Waals surface area contributed by atoms with Crippen LogP contribution in [0.5, 0.6) is 0 Å². The van der Waals surface area contributed by atoms with Gasteiger partial charge in [-0.3, -0.25) is 29.7 Å². The van der Waals surface area contributed by atoms with Gasteiger partial charge < -0.3 is 11.5 Å². The smallest absolute Gasteiger partial charge is 0.266 e. The molecule has 3 amide bonds. The number of hydrogen-bond acceptors (Lipinski definition) is 6. The maximum Gasteiger partial charge on any atom is 0.266 e. The number of nitrogens with one attached hydrogen (secondary N) is 1. The van der Waals surface area contributed by atoms with Crippen LogP contribution in [0.2, 0.25) is 0 Å². The van der Waals surface area contributed by atoms with Gasteiger partial charge in [-0.15, -0.1) is 0 Å². The number of nitrogens with two attached hydrogens (primary N) is 3. The number of nitrogen functional groups attached to an aromatic ring is 1. The van der Waals surface area contributed by atoms with Crippen molar-refractivity contribution in [1.29, 1.82) is 0 Å². The van der Waals surface area contributed by atoms with Crippen molar-refractivity contribution in [2.75, 3.05) is 13.1 Å². The number of carbonyl (C=O) groups is 3. The second-order valence-corrected chi connectivity index (χ2v) is 4.09. The lowest BCUT2D eigenvalue weighted by Crippen LogP contribution is -2.39. The SMILES string of the molecule is NNC(=O)c1ccc(CN(CC(N)=O)CC(N)=O)nc1. The zero-order valence-electron chi connectivity index (χ0n) is 10.7. The number of nitrogens with zero attached hydrogens (tertiary/aromatic N) is 2. The monoisotopic (exact) mass is 280 g/mol. The molecule has 0 saturated carbocycles. The third-order valence-corrected chi connectivity index (χ3v) is 2.36. The molecule has 7 N–H and O–H groups in total. The minimum absolute atomic E-state index is 0.115. The summed E-state index contributed by atoms with van der Waals surface area (Å²) in [5, 5.41) is 0. The van der Waals surface area contributed by atoms with Gasteiger partial charge in [0.2, 0.25) is 11.8 Å². The fourth-order valence-electron chi connectivity index (χ4n) is 1.57. The van der Waals surface area contributed by atoms with Gasteiger partial charge in [0.25, 0.3) is 5.91 Å². The largest absolute Gasteiger partial charge is 0.369 e. The molecule has 0 bridgehead atoms. The molecule has 0 saturated heterocycles. The summed E-state index contributed by atoms with van der Waals surface area (Å²) in [4.78, 5) is 38.5. The predicted octanol–water partition coefficient (Wildman–Crippen LogP) is -2.54. The van der Waals surface area contributed by atoms with E-state index >= 15 is 0 Å². The van der Waals surface area contributed by atoms with Crippen LogP contribution in [-0.4, -0.2) is 40.7 Å². The molecule has 9 heteroatoms. The van der Waals surface area contributed by atoms with Gasteiger partial charge in [0, 0.05) is 12.7 Å². The van der Waals surface area contributed by atoms with E-state index in [1.54, 1.807) is 6.07 Å². The predicted molar refractivity (Wildman–Crippen MR) is 69.6 cm³/mol. The molecule has 9 nitrogen and oxygen atoms in total. The fourth-order valence-corrected chi connectivity index (χ4v) is 1.57. The van der Waals surface area contributed by atoms with Crippen LogP contribution in [0.4, 0.5) is 0 Å². The number of carbonyl (C=O) groups excluding carboxylic acids is 3. The lowest BCUT2D eigenvalue weighted by Gasteiger charge is -2.18. The molecular weight excluding hydrogens is 264 g/mol. The van der Waals surface area contributed by atoms with Crippen LogP contribution in [0.1, 0.15) is 16.1 Å². The van der Waals surface area contributed by atoms with Crippen molar-refractivity contribution in [2.24, 2.45) is 17.3 Å². The van der Waals surface area contributed by atoms with Gasteiger partial charge in [0.15, 0.2) is 0 Å². The van der Waals surface area contributed by atoms with Gasteiger partial charge in [-0.25, -0.2) is 5.84 Å². The maximum atomic E-state index is 11.2. The molecule has 108 valence electrons. The molecule has 1 rings (SSSR count). The number of hydrazine groups is 1. The normalized spacial score (nSPS) is 10.3. The van der Waals surface area contributed by atoms with Gasteiger partial charge >= 0.3 is 0 Å². The van der Waals surface area contributed by atoms with Crippen LogP contribution in [0.25, 0.3) is 0 Å². The topological polar surface area (TPSA) is 157 Å². The van der Waals surface area contributed by atoms with Crippen LogP contribution in [0.3, 0.4) is 0 Å². The van der Waals surface area contributed by atoms with E-state index in [-0.39, 0.29) is 19.6 Å². The number of pyridine rings is 1. The second kappa shape index (κ2) is 7.16. The first-order valence-electron chi connectivity index (χ1n) is 5.67. The Kier molecular flexibility index (Phi) is 5.56. The standard InChI is InChI=1S/C11H16N6O3/c12-9(18)5-17(6-10(13)19)4-8-2-1-7(3-15-8)11(20)16-14/h1-3H,4-6,14H2,(H2,12,18)(H2,13,19)(H,16,20). The molecule has 1 aromatic heterocycles. The first kappa shape index (κ1) is 15.5. The van der Waals surface area contributed by atoms with Crippen LogP contribution in [-0.2, 0) is 16.1 Å². The zero-order valence-corrected chi connectivity index (χ0v) is 10.7. The highest BCUT2D eigenvalue weighted by Gasteiger charge is 2.13. The van der Waals surface area contributed by atoms with Gasteiger partial charge in [-0.1, -0.05) is 0 Å². The van der Waals surface area contributed by atoms with Crippen LogP contribution in [0, 0.1) is 0 Å². The molecule has 0 aromatic carbocycles. The van der Waals surface area contributed by atoms with Crippen molar-refractivity contribution in [2.45, 2.75) is 6.54 Å².